The van der Waals surface area contributed by atoms with Crippen LogP contribution < -0.4 is 16.3 Å². The number of rotatable bonds is 2. The molecule has 1 atom stereocenters. The summed E-state index contributed by atoms with van der Waals surface area (Å²) in [5.41, 5.74) is 1.55. The molecule has 1 amide bonds. The Balaban J connectivity index is 1.57. The van der Waals surface area contributed by atoms with E-state index in [9.17, 15) is 14.4 Å². The fourth-order valence-corrected chi connectivity index (χ4v) is 3.14. The zero-order valence-corrected chi connectivity index (χ0v) is 13.2. The molecule has 1 aliphatic carbocycles. The molecule has 0 aliphatic heterocycles. The third-order valence-corrected chi connectivity index (χ3v) is 4.37. The van der Waals surface area contributed by atoms with Gasteiger partial charge >= 0.3 is 0 Å². The van der Waals surface area contributed by atoms with Crippen LogP contribution in [0.5, 0.6) is 0 Å². The summed E-state index contributed by atoms with van der Waals surface area (Å²) in [4.78, 5) is 36.0. The number of aromatic amines is 1. The van der Waals surface area contributed by atoms with Crippen molar-refractivity contribution in [2.24, 2.45) is 0 Å². The van der Waals surface area contributed by atoms with Gasteiger partial charge in [0.05, 0.1) is 11.1 Å². The van der Waals surface area contributed by atoms with E-state index in [1.54, 1.807) is 24.3 Å². The number of para-hydroxylation sites is 1. The van der Waals surface area contributed by atoms with Gasteiger partial charge in [0.25, 0.3) is 11.5 Å². The second kappa shape index (κ2) is 6.01. The van der Waals surface area contributed by atoms with Gasteiger partial charge in [-0.1, -0.05) is 12.1 Å². The maximum Gasteiger partial charge on any atom is 0.287 e. The molecule has 0 saturated carbocycles. The first-order valence-corrected chi connectivity index (χ1v) is 8.01. The van der Waals surface area contributed by atoms with Crippen LogP contribution >= 0.6 is 0 Å². The predicted octanol–water partition coefficient (Wildman–Crippen LogP) is 1.16. The average molecular weight is 337 g/mol. The van der Waals surface area contributed by atoms with E-state index in [2.05, 4.69) is 15.5 Å². The van der Waals surface area contributed by atoms with Crippen LogP contribution in [0.3, 0.4) is 0 Å². The van der Waals surface area contributed by atoms with Crippen LogP contribution in [0, 0.1) is 0 Å². The van der Waals surface area contributed by atoms with Gasteiger partial charge in [-0.2, -0.15) is 5.10 Å². The summed E-state index contributed by atoms with van der Waals surface area (Å²) < 4.78 is 5.56. The molecule has 0 spiro atoms. The Kier molecular flexibility index (Phi) is 3.68. The minimum atomic E-state index is -0.436. The lowest BCUT2D eigenvalue weighted by atomic mass is 9.92. The number of benzene rings is 1. The number of aromatic nitrogens is 2. The number of hydrogen-bond donors (Lipinski definition) is 2. The Morgan fingerprint density at radius 2 is 2.08 bits per heavy atom. The molecule has 2 heterocycles. The van der Waals surface area contributed by atoms with Gasteiger partial charge in [-0.3, -0.25) is 14.4 Å². The van der Waals surface area contributed by atoms with Crippen LogP contribution in [0.25, 0.3) is 11.0 Å². The highest BCUT2D eigenvalue weighted by Gasteiger charge is 2.23. The van der Waals surface area contributed by atoms with Crippen molar-refractivity contribution in [2.75, 3.05) is 0 Å². The normalized spacial score (nSPS) is 16.4. The minimum absolute atomic E-state index is 0.0152. The Bertz CT molecular complexity index is 1080. The maximum atomic E-state index is 12.5. The summed E-state index contributed by atoms with van der Waals surface area (Å²) in [7, 11) is 0. The van der Waals surface area contributed by atoms with Crippen molar-refractivity contribution in [1.29, 1.82) is 0 Å². The molecule has 0 bridgehead atoms. The van der Waals surface area contributed by atoms with Gasteiger partial charge in [0, 0.05) is 18.2 Å². The molecule has 2 N–H and O–H groups in total. The van der Waals surface area contributed by atoms with Crippen LogP contribution in [-0.4, -0.2) is 22.1 Å². The van der Waals surface area contributed by atoms with E-state index in [0.717, 1.165) is 11.3 Å². The number of hydrogen-bond acceptors (Lipinski definition) is 5. The third kappa shape index (κ3) is 2.96. The van der Waals surface area contributed by atoms with Gasteiger partial charge in [-0.15, -0.1) is 0 Å². The first-order chi connectivity index (χ1) is 12.1. The molecule has 4 rings (SSSR count). The van der Waals surface area contributed by atoms with Gasteiger partial charge in [0.2, 0.25) is 0 Å². The molecule has 7 heteroatoms. The summed E-state index contributed by atoms with van der Waals surface area (Å²) in [5, 5.41) is 9.76. The van der Waals surface area contributed by atoms with Gasteiger partial charge in [0.15, 0.2) is 11.2 Å². The lowest BCUT2D eigenvalue weighted by molar-refractivity contribution is 0.0906. The first kappa shape index (κ1) is 15.3. The van der Waals surface area contributed by atoms with Crippen molar-refractivity contribution >= 4 is 16.9 Å². The highest BCUT2D eigenvalue weighted by Crippen LogP contribution is 2.18. The molecule has 1 aliphatic rings. The van der Waals surface area contributed by atoms with Crippen molar-refractivity contribution in [3.8, 4) is 0 Å². The standard InChI is InChI=1S/C18H15N3O4/c22-14-9-16(25-15-4-2-1-3-12(14)15)18(24)19-11-5-6-13-10(7-11)8-17(23)21-20-13/h1-4,8-9,11H,5-7H2,(H,19,24)(H,21,23). The molecule has 0 saturated heterocycles. The molecule has 25 heavy (non-hydrogen) atoms. The van der Waals surface area contributed by atoms with Crippen LogP contribution in [0.2, 0.25) is 0 Å². The molecular weight excluding hydrogens is 322 g/mol. The SMILES string of the molecule is O=C(NC1CCc2n[nH]c(=O)cc2C1)c1cc(=O)c2ccccc2o1. The molecule has 0 radical (unpaired) electrons. The van der Waals surface area contributed by atoms with Gasteiger partial charge in [-0.05, 0) is 37.0 Å². The quantitative estimate of drug-likeness (QED) is 0.730. The fraction of sp³-hybridized carbons (Fsp3) is 0.222. The number of H-pyrrole nitrogens is 1. The number of aryl methyl sites for hydroxylation is 1. The van der Waals surface area contributed by atoms with Crippen molar-refractivity contribution in [1.82, 2.24) is 15.5 Å². The largest absolute Gasteiger partial charge is 0.451 e. The minimum Gasteiger partial charge on any atom is -0.451 e. The smallest absolute Gasteiger partial charge is 0.287 e. The first-order valence-electron chi connectivity index (χ1n) is 8.01. The van der Waals surface area contributed by atoms with Gasteiger partial charge < -0.3 is 9.73 Å². The number of amides is 1. The molecule has 1 aromatic carbocycles. The monoisotopic (exact) mass is 337 g/mol. The number of fused-ring (bicyclic) bond motifs is 2. The summed E-state index contributed by atoms with van der Waals surface area (Å²) in [6, 6.07) is 9.38. The van der Waals surface area contributed by atoms with E-state index >= 15 is 0 Å². The van der Waals surface area contributed by atoms with Crippen molar-refractivity contribution in [3.63, 3.8) is 0 Å². The topological polar surface area (TPSA) is 105 Å². The number of nitrogens with one attached hydrogen (secondary N) is 2. The van der Waals surface area contributed by atoms with Crippen LogP contribution in [0.4, 0.5) is 0 Å². The van der Waals surface area contributed by atoms with Crippen LogP contribution in [-0.2, 0) is 12.8 Å². The molecule has 126 valence electrons. The number of nitrogens with zero attached hydrogens (tertiary/aromatic N) is 1. The van der Waals surface area contributed by atoms with E-state index in [0.29, 0.717) is 30.2 Å². The average Bonchev–Trinajstić information content (AvgIpc) is 2.61. The predicted molar refractivity (Wildman–Crippen MR) is 90.6 cm³/mol. The summed E-state index contributed by atoms with van der Waals surface area (Å²) in [6.45, 7) is 0. The Labute approximate surface area is 141 Å². The van der Waals surface area contributed by atoms with Crippen LogP contribution in [0.1, 0.15) is 28.2 Å². The van der Waals surface area contributed by atoms with Crippen molar-refractivity contribution in [3.05, 3.63) is 74.0 Å². The molecular formula is C18H15N3O4. The Morgan fingerprint density at radius 3 is 2.96 bits per heavy atom. The maximum absolute atomic E-state index is 12.5. The Hall–Kier alpha value is -3.22. The van der Waals surface area contributed by atoms with E-state index in [-0.39, 0.29) is 22.8 Å². The zero-order chi connectivity index (χ0) is 17.4. The second-order valence-electron chi connectivity index (χ2n) is 6.09. The second-order valence-corrected chi connectivity index (χ2v) is 6.09. The van der Waals surface area contributed by atoms with Crippen molar-refractivity contribution < 1.29 is 9.21 Å². The summed E-state index contributed by atoms with van der Waals surface area (Å²) >= 11 is 0. The molecule has 1 unspecified atom stereocenters. The molecule has 3 aromatic rings. The summed E-state index contributed by atoms with van der Waals surface area (Å²) in [5.74, 6) is -0.451. The summed E-state index contributed by atoms with van der Waals surface area (Å²) in [6.07, 6.45) is 1.89. The Morgan fingerprint density at radius 1 is 1.24 bits per heavy atom. The number of carbonyl (C=O) groups excluding carboxylic acids is 1. The fourth-order valence-electron chi connectivity index (χ4n) is 3.14. The lowest BCUT2D eigenvalue weighted by Crippen LogP contribution is -2.39. The zero-order valence-electron chi connectivity index (χ0n) is 13.2. The molecule has 0 fully saturated rings. The lowest BCUT2D eigenvalue weighted by Gasteiger charge is -2.24. The van der Waals surface area contributed by atoms with E-state index in [1.165, 1.54) is 12.1 Å². The molecule has 7 nitrogen and oxygen atoms in total. The van der Waals surface area contributed by atoms with E-state index in [1.807, 2.05) is 0 Å². The van der Waals surface area contributed by atoms with Gasteiger partial charge in [0.1, 0.15) is 5.58 Å². The highest BCUT2D eigenvalue weighted by molar-refractivity contribution is 5.93. The van der Waals surface area contributed by atoms with E-state index in [4.69, 9.17) is 4.42 Å². The number of carbonyl (C=O) groups is 1. The molecule has 2 aromatic heterocycles. The van der Waals surface area contributed by atoms with Crippen molar-refractivity contribution in [2.45, 2.75) is 25.3 Å². The van der Waals surface area contributed by atoms with Gasteiger partial charge in [-0.25, -0.2) is 5.10 Å². The van der Waals surface area contributed by atoms with E-state index < -0.39 is 5.91 Å². The van der Waals surface area contributed by atoms with Crippen LogP contribution in [0.15, 0.2) is 50.4 Å². The highest BCUT2D eigenvalue weighted by atomic mass is 16.3. The third-order valence-electron chi connectivity index (χ3n) is 4.37.